The highest BCUT2D eigenvalue weighted by atomic mass is 15.3. The van der Waals surface area contributed by atoms with Crippen molar-refractivity contribution in [1.29, 1.82) is 0 Å². The van der Waals surface area contributed by atoms with E-state index in [1.54, 1.807) is 0 Å². The summed E-state index contributed by atoms with van der Waals surface area (Å²) < 4.78 is 1.93. The third kappa shape index (κ3) is 3.52. The van der Waals surface area contributed by atoms with Gasteiger partial charge in [-0.2, -0.15) is 5.10 Å². The molecule has 0 unspecified atom stereocenters. The fraction of sp³-hybridized carbons (Fsp3) is 0.409. The molecular weight excluding hydrogens is 348 g/mol. The summed E-state index contributed by atoms with van der Waals surface area (Å²) in [7, 11) is 0. The molecule has 0 amide bonds. The molecule has 3 N–H and O–H groups in total. The van der Waals surface area contributed by atoms with E-state index >= 15 is 0 Å². The second kappa shape index (κ2) is 7.02. The standard InChI is InChI=1S/C22H26N6/c1-14-4-2-3-5-20(14)28-13-15(12-25-28)11-24-21-10-19(17-8-18(23)9-17)26-22(27-21)16-6-7-16/h2-5,10,12-13,16-18H,6-9,11,23H2,1H3,(H,24,26,27). The smallest absolute Gasteiger partial charge is 0.134 e. The van der Waals surface area contributed by atoms with Crippen molar-refractivity contribution in [2.45, 2.75) is 57.0 Å². The molecule has 2 heterocycles. The van der Waals surface area contributed by atoms with Crippen LogP contribution in [0, 0.1) is 6.92 Å². The monoisotopic (exact) mass is 374 g/mol. The zero-order chi connectivity index (χ0) is 19.1. The van der Waals surface area contributed by atoms with Gasteiger partial charge in [-0.3, -0.25) is 0 Å². The van der Waals surface area contributed by atoms with E-state index in [4.69, 9.17) is 15.7 Å². The maximum absolute atomic E-state index is 5.98. The normalized spacial score (nSPS) is 21.4. The predicted molar refractivity (Wildman–Crippen MR) is 110 cm³/mol. The van der Waals surface area contributed by atoms with Crippen LogP contribution in [0.25, 0.3) is 5.69 Å². The van der Waals surface area contributed by atoms with Crippen LogP contribution in [0.3, 0.4) is 0 Å². The molecule has 144 valence electrons. The van der Waals surface area contributed by atoms with E-state index in [9.17, 15) is 0 Å². The highest BCUT2D eigenvalue weighted by Gasteiger charge is 2.32. The first-order valence-electron chi connectivity index (χ1n) is 10.1. The van der Waals surface area contributed by atoms with Crippen LogP contribution in [0.4, 0.5) is 5.82 Å². The van der Waals surface area contributed by atoms with Crippen LogP contribution in [0.1, 0.15) is 60.2 Å². The summed E-state index contributed by atoms with van der Waals surface area (Å²) in [5, 5.41) is 8.00. The number of rotatable bonds is 6. The minimum Gasteiger partial charge on any atom is -0.366 e. The van der Waals surface area contributed by atoms with Gasteiger partial charge < -0.3 is 11.1 Å². The molecule has 28 heavy (non-hydrogen) atoms. The zero-order valence-electron chi connectivity index (χ0n) is 16.2. The van der Waals surface area contributed by atoms with E-state index < -0.39 is 0 Å². The minimum absolute atomic E-state index is 0.327. The van der Waals surface area contributed by atoms with E-state index in [1.807, 2.05) is 23.0 Å². The van der Waals surface area contributed by atoms with Gasteiger partial charge in [0.05, 0.1) is 11.9 Å². The van der Waals surface area contributed by atoms with Crippen LogP contribution in [-0.2, 0) is 6.54 Å². The van der Waals surface area contributed by atoms with Crippen LogP contribution in [-0.4, -0.2) is 25.8 Å². The lowest BCUT2D eigenvalue weighted by Crippen LogP contribution is -2.35. The Morgan fingerprint density at radius 2 is 1.96 bits per heavy atom. The summed E-state index contributed by atoms with van der Waals surface area (Å²) in [5.74, 6) is 2.94. The lowest BCUT2D eigenvalue weighted by atomic mass is 9.78. The van der Waals surface area contributed by atoms with Crippen molar-refractivity contribution in [2.24, 2.45) is 5.73 Å². The largest absolute Gasteiger partial charge is 0.366 e. The molecule has 0 bridgehead atoms. The van der Waals surface area contributed by atoms with Crippen molar-refractivity contribution in [3.63, 3.8) is 0 Å². The number of nitrogens with zero attached hydrogens (tertiary/aromatic N) is 4. The molecule has 5 rings (SSSR count). The highest BCUT2D eigenvalue weighted by molar-refractivity contribution is 5.41. The Bertz CT molecular complexity index is 984. The van der Waals surface area contributed by atoms with Gasteiger partial charge in [0.1, 0.15) is 11.6 Å². The second-order valence-electron chi connectivity index (χ2n) is 8.17. The average molecular weight is 374 g/mol. The third-order valence-corrected chi connectivity index (χ3v) is 5.77. The van der Waals surface area contributed by atoms with Gasteiger partial charge in [0, 0.05) is 47.9 Å². The molecule has 0 aliphatic heterocycles. The molecule has 0 radical (unpaired) electrons. The van der Waals surface area contributed by atoms with Gasteiger partial charge >= 0.3 is 0 Å². The van der Waals surface area contributed by atoms with Crippen molar-refractivity contribution in [2.75, 3.05) is 5.32 Å². The van der Waals surface area contributed by atoms with E-state index in [0.717, 1.165) is 41.4 Å². The Balaban J connectivity index is 1.32. The number of nitrogens with two attached hydrogens (primary N) is 1. The van der Waals surface area contributed by atoms with Crippen LogP contribution < -0.4 is 11.1 Å². The first kappa shape index (κ1) is 17.4. The number of anilines is 1. The summed E-state index contributed by atoms with van der Waals surface area (Å²) in [6.07, 6.45) is 8.46. The lowest BCUT2D eigenvalue weighted by molar-refractivity contribution is 0.344. The first-order chi connectivity index (χ1) is 13.7. The fourth-order valence-corrected chi connectivity index (χ4v) is 3.81. The predicted octanol–water partition coefficient (Wildman–Crippen LogP) is 3.66. The van der Waals surface area contributed by atoms with Crippen molar-refractivity contribution in [1.82, 2.24) is 19.7 Å². The van der Waals surface area contributed by atoms with Crippen molar-refractivity contribution in [3.8, 4) is 5.69 Å². The molecule has 2 saturated carbocycles. The summed E-state index contributed by atoms with van der Waals surface area (Å²) in [6.45, 7) is 2.79. The van der Waals surface area contributed by atoms with Crippen LogP contribution in [0.15, 0.2) is 42.7 Å². The second-order valence-corrected chi connectivity index (χ2v) is 8.17. The first-order valence-corrected chi connectivity index (χ1v) is 10.1. The zero-order valence-corrected chi connectivity index (χ0v) is 16.2. The van der Waals surface area contributed by atoms with Gasteiger partial charge in [-0.05, 0) is 44.2 Å². The summed E-state index contributed by atoms with van der Waals surface area (Å²) in [4.78, 5) is 9.61. The van der Waals surface area contributed by atoms with Crippen LogP contribution >= 0.6 is 0 Å². The Morgan fingerprint density at radius 3 is 2.71 bits per heavy atom. The summed E-state index contributed by atoms with van der Waals surface area (Å²) in [5.41, 5.74) is 10.6. The number of hydrogen-bond donors (Lipinski definition) is 2. The molecule has 2 aliphatic rings. The van der Waals surface area contributed by atoms with Gasteiger partial charge in [0.25, 0.3) is 0 Å². The van der Waals surface area contributed by atoms with Gasteiger partial charge in [-0.1, -0.05) is 18.2 Å². The minimum atomic E-state index is 0.327. The SMILES string of the molecule is Cc1ccccc1-n1cc(CNc2cc(C3CC(N)C3)nc(C3CC3)n2)cn1. The molecule has 2 fully saturated rings. The average Bonchev–Trinajstić information content (AvgIpc) is 3.43. The van der Waals surface area contributed by atoms with Crippen LogP contribution in [0.5, 0.6) is 0 Å². The van der Waals surface area contributed by atoms with Gasteiger partial charge in [0.15, 0.2) is 0 Å². The van der Waals surface area contributed by atoms with Gasteiger partial charge in [-0.15, -0.1) is 0 Å². The van der Waals surface area contributed by atoms with Crippen molar-refractivity contribution in [3.05, 3.63) is 65.4 Å². The Hall–Kier alpha value is -2.73. The molecule has 1 aromatic carbocycles. The van der Waals surface area contributed by atoms with Gasteiger partial charge in [0.2, 0.25) is 0 Å². The Morgan fingerprint density at radius 1 is 1.14 bits per heavy atom. The molecule has 0 atom stereocenters. The number of hydrogen-bond acceptors (Lipinski definition) is 5. The fourth-order valence-electron chi connectivity index (χ4n) is 3.81. The number of aryl methyl sites for hydroxylation is 1. The highest BCUT2D eigenvalue weighted by Crippen LogP contribution is 2.41. The van der Waals surface area contributed by atoms with Crippen molar-refractivity contribution < 1.29 is 0 Å². The number of benzene rings is 1. The molecule has 0 saturated heterocycles. The topological polar surface area (TPSA) is 81.7 Å². The Labute approximate surface area is 165 Å². The van der Waals surface area contributed by atoms with E-state index in [1.165, 1.54) is 18.4 Å². The number of para-hydroxylation sites is 1. The Kier molecular flexibility index (Phi) is 4.36. The molecule has 6 heteroatoms. The quantitative estimate of drug-likeness (QED) is 0.688. The molecule has 2 aliphatic carbocycles. The maximum Gasteiger partial charge on any atom is 0.134 e. The maximum atomic E-state index is 5.98. The summed E-state index contributed by atoms with van der Waals surface area (Å²) in [6, 6.07) is 10.7. The molecule has 3 aromatic rings. The third-order valence-electron chi connectivity index (χ3n) is 5.77. The summed E-state index contributed by atoms with van der Waals surface area (Å²) >= 11 is 0. The number of nitrogens with one attached hydrogen (secondary N) is 1. The van der Waals surface area contributed by atoms with Crippen LogP contribution in [0.2, 0.25) is 0 Å². The van der Waals surface area contributed by atoms with E-state index in [-0.39, 0.29) is 0 Å². The molecular formula is C22H26N6. The van der Waals surface area contributed by atoms with Gasteiger partial charge in [-0.25, -0.2) is 14.6 Å². The molecule has 2 aromatic heterocycles. The molecule has 6 nitrogen and oxygen atoms in total. The van der Waals surface area contributed by atoms with E-state index in [2.05, 4.69) is 41.7 Å². The number of aromatic nitrogens is 4. The molecule has 0 spiro atoms. The lowest BCUT2D eigenvalue weighted by Gasteiger charge is -2.32. The van der Waals surface area contributed by atoms with Crippen molar-refractivity contribution >= 4 is 5.82 Å². The van der Waals surface area contributed by atoms with E-state index in [0.29, 0.717) is 24.4 Å².